The summed E-state index contributed by atoms with van der Waals surface area (Å²) in [5.74, 6) is 1.26. The van der Waals surface area contributed by atoms with Gasteiger partial charge in [0, 0.05) is 31.2 Å². The topological polar surface area (TPSA) is 58.1 Å². The van der Waals surface area contributed by atoms with E-state index < -0.39 is 0 Å². The molecule has 2 aliphatic rings. The van der Waals surface area contributed by atoms with E-state index in [2.05, 4.69) is 22.2 Å². The molecule has 2 heterocycles. The van der Waals surface area contributed by atoms with Gasteiger partial charge < -0.3 is 10.2 Å². The molecule has 0 spiro atoms. The van der Waals surface area contributed by atoms with Gasteiger partial charge in [-0.2, -0.15) is 0 Å². The molecule has 1 aromatic heterocycles. The third kappa shape index (κ3) is 2.56. The van der Waals surface area contributed by atoms with Crippen LogP contribution in [0.25, 0.3) is 0 Å². The van der Waals surface area contributed by atoms with Gasteiger partial charge in [0.1, 0.15) is 0 Å². The molecule has 4 rings (SSSR count). The second-order valence-corrected chi connectivity index (χ2v) is 6.59. The Hall–Kier alpha value is -2.43. The number of aromatic nitrogens is 2. The maximum Gasteiger partial charge on any atom is 0.257 e. The van der Waals surface area contributed by atoms with Crippen molar-refractivity contribution < 1.29 is 4.79 Å². The van der Waals surface area contributed by atoms with E-state index in [0.29, 0.717) is 22.8 Å². The van der Waals surface area contributed by atoms with Gasteiger partial charge in [0.05, 0.1) is 5.56 Å². The van der Waals surface area contributed by atoms with Crippen LogP contribution < -0.4 is 5.32 Å². The van der Waals surface area contributed by atoms with Gasteiger partial charge in [-0.05, 0) is 36.3 Å². The first-order valence-electron chi connectivity index (χ1n) is 8.13. The Balaban J connectivity index is 1.43. The molecule has 1 N–H and O–H groups in total. The number of carbonyl (C=O) groups is 1. The second kappa shape index (κ2) is 5.33. The number of piperidine rings is 1. The van der Waals surface area contributed by atoms with E-state index in [1.807, 2.05) is 35.2 Å². The lowest BCUT2D eigenvalue weighted by Gasteiger charge is -2.20. The number of carbonyl (C=O) groups excluding carboxylic acids is 1. The van der Waals surface area contributed by atoms with Crippen LogP contribution in [-0.2, 0) is 0 Å². The van der Waals surface area contributed by atoms with Crippen molar-refractivity contribution in [3.05, 3.63) is 48.3 Å². The Morgan fingerprint density at radius 2 is 2.04 bits per heavy atom. The molecular weight excluding hydrogens is 288 g/mol. The summed E-state index contributed by atoms with van der Waals surface area (Å²) < 4.78 is 0. The summed E-state index contributed by atoms with van der Waals surface area (Å²) >= 11 is 0. The monoisotopic (exact) mass is 308 g/mol. The van der Waals surface area contributed by atoms with E-state index >= 15 is 0 Å². The van der Waals surface area contributed by atoms with E-state index in [-0.39, 0.29) is 5.91 Å². The Labute approximate surface area is 135 Å². The van der Waals surface area contributed by atoms with Crippen molar-refractivity contribution in [1.82, 2.24) is 14.9 Å². The minimum Gasteiger partial charge on any atom is -0.338 e. The molecule has 2 atom stereocenters. The fourth-order valence-corrected chi connectivity index (χ4v) is 3.63. The Morgan fingerprint density at radius 1 is 1.30 bits per heavy atom. The van der Waals surface area contributed by atoms with Gasteiger partial charge in [-0.15, -0.1) is 0 Å². The van der Waals surface area contributed by atoms with Crippen molar-refractivity contribution in [2.45, 2.75) is 19.8 Å². The molecule has 5 heteroatoms. The largest absolute Gasteiger partial charge is 0.338 e. The molecule has 2 aromatic rings. The van der Waals surface area contributed by atoms with Gasteiger partial charge in [0.25, 0.3) is 5.91 Å². The summed E-state index contributed by atoms with van der Waals surface area (Å²) in [6.07, 6.45) is 5.67. The van der Waals surface area contributed by atoms with E-state index in [9.17, 15) is 4.79 Å². The summed E-state index contributed by atoms with van der Waals surface area (Å²) in [6, 6.07) is 9.74. The molecule has 1 aliphatic carbocycles. The second-order valence-electron chi connectivity index (χ2n) is 6.59. The summed E-state index contributed by atoms with van der Waals surface area (Å²) in [5, 5.41) is 3.12. The van der Waals surface area contributed by atoms with Crippen molar-refractivity contribution in [2.75, 3.05) is 18.4 Å². The lowest BCUT2D eigenvalue weighted by Crippen LogP contribution is -2.32. The van der Waals surface area contributed by atoms with Gasteiger partial charge in [-0.25, -0.2) is 9.97 Å². The van der Waals surface area contributed by atoms with Gasteiger partial charge >= 0.3 is 0 Å². The third-order valence-corrected chi connectivity index (χ3v) is 5.23. The van der Waals surface area contributed by atoms with Crippen molar-refractivity contribution in [1.29, 1.82) is 0 Å². The highest BCUT2D eigenvalue weighted by atomic mass is 16.2. The first-order valence-corrected chi connectivity index (χ1v) is 8.13. The van der Waals surface area contributed by atoms with Crippen LogP contribution >= 0.6 is 0 Å². The first-order chi connectivity index (χ1) is 11.2. The summed E-state index contributed by atoms with van der Waals surface area (Å²) in [7, 11) is 0. The fraction of sp³-hybridized carbons (Fsp3) is 0.389. The summed E-state index contributed by atoms with van der Waals surface area (Å²) in [5.41, 5.74) is 1.90. The number of benzene rings is 1. The predicted octanol–water partition coefficient (Wildman–Crippen LogP) is 3.09. The van der Waals surface area contributed by atoms with Crippen LogP contribution in [0.5, 0.6) is 0 Å². The molecule has 5 nitrogen and oxygen atoms in total. The standard InChI is InChI=1S/C18H20N4O/c1-2-18-8-14(18)11-22(12-18)16(23)13-9-19-17(20-10-13)21-15-6-4-3-5-7-15/h3-7,9-10,14H,2,8,11-12H2,1H3,(H,19,20,21). The average Bonchev–Trinajstić information content (AvgIpc) is 3.17. The lowest BCUT2D eigenvalue weighted by atomic mass is 10.0. The molecule has 1 saturated heterocycles. The van der Waals surface area contributed by atoms with Gasteiger partial charge in [0.15, 0.2) is 0 Å². The third-order valence-electron chi connectivity index (χ3n) is 5.23. The van der Waals surface area contributed by atoms with Gasteiger partial charge in [0.2, 0.25) is 5.95 Å². The predicted molar refractivity (Wildman–Crippen MR) is 88.5 cm³/mol. The van der Waals surface area contributed by atoms with Crippen molar-refractivity contribution in [2.24, 2.45) is 11.3 Å². The molecule has 1 amide bonds. The average molecular weight is 308 g/mol. The Kier molecular flexibility index (Phi) is 3.29. The van der Waals surface area contributed by atoms with Gasteiger partial charge in [-0.3, -0.25) is 4.79 Å². The van der Waals surface area contributed by atoms with Crippen molar-refractivity contribution in [3.63, 3.8) is 0 Å². The van der Waals surface area contributed by atoms with Crippen LogP contribution in [0.3, 0.4) is 0 Å². The number of rotatable bonds is 4. The van der Waals surface area contributed by atoms with Gasteiger partial charge in [-0.1, -0.05) is 25.1 Å². The Bertz CT molecular complexity index is 712. The van der Waals surface area contributed by atoms with Crippen molar-refractivity contribution in [3.8, 4) is 0 Å². The molecule has 0 bridgehead atoms. The molecule has 2 fully saturated rings. The molecule has 0 radical (unpaired) electrons. The zero-order valence-corrected chi connectivity index (χ0v) is 13.2. The highest BCUT2D eigenvalue weighted by molar-refractivity contribution is 5.94. The van der Waals surface area contributed by atoms with Crippen LogP contribution in [-0.4, -0.2) is 33.9 Å². The number of para-hydroxylation sites is 1. The minimum atomic E-state index is 0.0521. The number of fused-ring (bicyclic) bond motifs is 1. The molecule has 2 unspecified atom stereocenters. The highest BCUT2D eigenvalue weighted by Gasteiger charge is 2.59. The van der Waals surface area contributed by atoms with E-state index in [4.69, 9.17) is 0 Å². The number of hydrogen-bond donors (Lipinski definition) is 1. The number of nitrogens with one attached hydrogen (secondary N) is 1. The van der Waals surface area contributed by atoms with Crippen LogP contribution in [0.1, 0.15) is 30.1 Å². The number of amides is 1. The molecular formula is C18H20N4O. The van der Waals surface area contributed by atoms with E-state index in [1.165, 1.54) is 6.42 Å². The fourth-order valence-electron chi connectivity index (χ4n) is 3.63. The maximum atomic E-state index is 12.6. The van der Waals surface area contributed by atoms with Crippen LogP contribution in [0.4, 0.5) is 11.6 Å². The van der Waals surface area contributed by atoms with Crippen LogP contribution in [0, 0.1) is 11.3 Å². The number of likely N-dealkylation sites (tertiary alicyclic amines) is 1. The summed E-state index contributed by atoms with van der Waals surface area (Å²) in [6.45, 7) is 3.99. The lowest BCUT2D eigenvalue weighted by molar-refractivity contribution is 0.0763. The molecule has 1 saturated carbocycles. The molecule has 1 aliphatic heterocycles. The van der Waals surface area contributed by atoms with Crippen LogP contribution in [0.15, 0.2) is 42.7 Å². The minimum absolute atomic E-state index is 0.0521. The quantitative estimate of drug-likeness (QED) is 0.943. The Morgan fingerprint density at radius 3 is 2.70 bits per heavy atom. The number of nitrogens with zero attached hydrogens (tertiary/aromatic N) is 3. The number of hydrogen-bond acceptors (Lipinski definition) is 4. The normalized spacial score (nSPS) is 25.1. The van der Waals surface area contributed by atoms with Crippen LogP contribution in [0.2, 0.25) is 0 Å². The smallest absolute Gasteiger partial charge is 0.257 e. The zero-order chi connectivity index (χ0) is 15.9. The molecule has 1 aromatic carbocycles. The van der Waals surface area contributed by atoms with E-state index in [1.54, 1.807) is 12.4 Å². The molecule has 23 heavy (non-hydrogen) atoms. The van der Waals surface area contributed by atoms with E-state index in [0.717, 1.165) is 25.2 Å². The SMILES string of the molecule is CCC12CC1CN(C(=O)c1cnc(Nc3ccccc3)nc1)C2. The summed E-state index contributed by atoms with van der Waals surface area (Å²) in [4.78, 5) is 23.1. The maximum absolute atomic E-state index is 12.6. The van der Waals surface area contributed by atoms with Crippen molar-refractivity contribution >= 4 is 17.5 Å². The zero-order valence-electron chi connectivity index (χ0n) is 13.2. The first kappa shape index (κ1) is 14.2. The molecule has 118 valence electrons. The highest BCUT2D eigenvalue weighted by Crippen LogP contribution is 2.59. The number of anilines is 2.